The first kappa shape index (κ1) is 20.9. The molecule has 0 spiro atoms. The van der Waals surface area contributed by atoms with Gasteiger partial charge < -0.3 is 14.5 Å². The monoisotopic (exact) mass is 444 g/mol. The van der Waals surface area contributed by atoms with E-state index in [1.54, 1.807) is 34.9 Å². The van der Waals surface area contributed by atoms with Crippen LogP contribution < -0.4 is 5.56 Å². The first-order valence-corrected chi connectivity index (χ1v) is 10.2. The van der Waals surface area contributed by atoms with Crippen molar-refractivity contribution < 1.29 is 14.3 Å². The van der Waals surface area contributed by atoms with Gasteiger partial charge in [0, 0.05) is 31.2 Å². The Morgan fingerprint density at radius 1 is 1.16 bits per heavy atom. The van der Waals surface area contributed by atoms with E-state index in [0.717, 1.165) is 0 Å². The van der Waals surface area contributed by atoms with Gasteiger partial charge in [0.15, 0.2) is 5.65 Å². The van der Waals surface area contributed by atoms with E-state index in [4.69, 9.17) is 16.3 Å². The molecule has 10 nitrogen and oxygen atoms in total. The Hall–Kier alpha value is -3.40. The van der Waals surface area contributed by atoms with E-state index in [1.807, 2.05) is 6.07 Å². The molecule has 0 radical (unpaired) electrons. The van der Waals surface area contributed by atoms with Gasteiger partial charge in [-0.1, -0.05) is 17.7 Å². The van der Waals surface area contributed by atoms with Gasteiger partial charge in [-0.2, -0.15) is 5.10 Å². The van der Waals surface area contributed by atoms with Crippen LogP contribution in [0.2, 0.25) is 5.02 Å². The van der Waals surface area contributed by atoms with Gasteiger partial charge in [-0.15, -0.1) is 0 Å². The minimum atomic E-state index is -0.378. The molecule has 3 heterocycles. The van der Waals surface area contributed by atoms with Crippen LogP contribution in [0.3, 0.4) is 0 Å². The quantitative estimate of drug-likeness (QED) is 0.604. The van der Waals surface area contributed by atoms with Crippen molar-refractivity contribution in [2.45, 2.75) is 13.5 Å². The van der Waals surface area contributed by atoms with Gasteiger partial charge >= 0.3 is 6.09 Å². The molecule has 1 fully saturated rings. The summed E-state index contributed by atoms with van der Waals surface area (Å²) in [5.41, 5.74) is 0.721. The normalized spacial score (nSPS) is 14.1. The van der Waals surface area contributed by atoms with E-state index < -0.39 is 0 Å². The zero-order valence-corrected chi connectivity index (χ0v) is 17.7. The van der Waals surface area contributed by atoms with Crippen molar-refractivity contribution in [2.75, 3.05) is 32.8 Å². The molecule has 0 atom stereocenters. The molecule has 0 bridgehead atoms. The molecule has 2 aromatic heterocycles. The number of halogens is 1. The smallest absolute Gasteiger partial charge is 0.409 e. The van der Waals surface area contributed by atoms with Gasteiger partial charge in [0.2, 0.25) is 5.91 Å². The van der Waals surface area contributed by atoms with E-state index in [9.17, 15) is 14.4 Å². The molecule has 0 N–H and O–H groups in total. The van der Waals surface area contributed by atoms with Gasteiger partial charge in [-0.05, 0) is 25.1 Å². The average molecular weight is 445 g/mol. The lowest BCUT2D eigenvalue weighted by atomic mass is 10.3. The number of aromatic nitrogens is 4. The van der Waals surface area contributed by atoms with Crippen LogP contribution in [0.25, 0.3) is 16.7 Å². The maximum absolute atomic E-state index is 12.9. The predicted octanol–water partition coefficient (Wildman–Crippen LogP) is 1.54. The van der Waals surface area contributed by atoms with E-state index in [1.165, 1.54) is 21.8 Å². The van der Waals surface area contributed by atoms with Crippen molar-refractivity contribution in [1.82, 2.24) is 29.1 Å². The number of benzene rings is 1. The number of rotatable bonds is 4. The number of ether oxygens (including phenoxy) is 1. The Morgan fingerprint density at radius 3 is 2.61 bits per heavy atom. The number of piperazine rings is 1. The Bertz CT molecular complexity index is 1180. The molecule has 3 aromatic rings. The molecule has 4 rings (SSSR count). The zero-order chi connectivity index (χ0) is 22.0. The Labute approximate surface area is 182 Å². The van der Waals surface area contributed by atoms with Crippen LogP contribution in [0.15, 0.2) is 41.6 Å². The molecule has 2 amide bonds. The third kappa shape index (κ3) is 4.24. The fourth-order valence-corrected chi connectivity index (χ4v) is 3.64. The molecule has 1 saturated heterocycles. The summed E-state index contributed by atoms with van der Waals surface area (Å²) in [6, 6.07) is 7.06. The van der Waals surface area contributed by atoms with Crippen LogP contribution in [-0.2, 0) is 16.1 Å². The molecule has 0 unspecified atom stereocenters. The fraction of sp³-hybridized carbons (Fsp3) is 0.350. The van der Waals surface area contributed by atoms with Crippen LogP contribution in [0, 0.1) is 0 Å². The van der Waals surface area contributed by atoms with Gasteiger partial charge in [0.1, 0.15) is 18.3 Å². The molecular formula is C20H21ClN6O4. The number of hydrogen-bond acceptors (Lipinski definition) is 6. The number of amides is 2. The summed E-state index contributed by atoms with van der Waals surface area (Å²) in [6.45, 7) is 3.47. The van der Waals surface area contributed by atoms with Crippen molar-refractivity contribution in [3.05, 3.63) is 52.2 Å². The Balaban J connectivity index is 1.48. The van der Waals surface area contributed by atoms with Crippen molar-refractivity contribution in [1.29, 1.82) is 0 Å². The lowest BCUT2D eigenvalue weighted by Gasteiger charge is -2.34. The van der Waals surface area contributed by atoms with Gasteiger partial charge in [-0.3, -0.25) is 14.2 Å². The summed E-state index contributed by atoms with van der Waals surface area (Å²) in [6.07, 6.45) is 2.40. The van der Waals surface area contributed by atoms with Crippen molar-refractivity contribution >= 4 is 34.6 Å². The Morgan fingerprint density at radius 2 is 1.90 bits per heavy atom. The third-order valence-corrected chi connectivity index (χ3v) is 5.31. The van der Waals surface area contributed by atoms with Crippen LogP contribution in [-0.4, -0.2) is 73.9 Å². The van der Waals surface area contributed by atoms with Crippen LogP contribution in [0.1, 0.15) is 6.92 Å². The average Bonchev–Trinajstić information content (AvgIpc) is 3.21. The maximum atomic E-state index is 12.9. The highest BCUT2D eigenvalue weighted by Crippen LogP contribution is 2.17. The van der Waals surface area contributed by atoms with Gasteiger partial charge in [0.25, 0.3) is 5.56 Å². The molecule has 1 aliphatic heterocycles. The first-order valence-electron chi connectivity index (χ1n) is 9.86. The molecule has 31 heavy (non-hydrogen) atoms. The van der Waals surface area contributed by atoms with E-state index in [0.29, 0.717) is 54.5 Å². The number of hydrogen-bond donors (Lipinski definition) is 0. The molecule has 1 aliphatic rings. The molecule has 0 aliphatic carbocycles. The second-order valence-electron chi connectivity index (χ2n) is 7.02. The third-order valence-electron chi connectivity index (χ3n) is 5.07. The summed E-state index contributed by atoms with van der Waals surface area (Å²) < 4.78 is 7.79. The molecule has 1 aromatic carbocycles. The number of carbonyl (C=O) groups is 2. The summed E-state index contributed by atoms with van der Waals surface area (Å²) in [5, 5.41) is 5.11. The van der Waals surface area contributed by atoms with Crippen LogP contribution in [0.5, 0.6) is 0 Å². The lowest BCUT2D eigenvalue weighted by Crippen LogP contribution is -2.51. The zero-order valence-electron chi connectivity index (χ0n) is 16.9. The molecular weight excluding hydrogens is 424 g/mol. The maximum Gasteiger partial charge on any atom is 0.409 e. The summed E-state index contributed by atoms with van der Waals surface area (Å²) in [4.78, 5) is 44.9. The first-order chi connectivity index (χ1) is 15.0. The highest BCUT2D eigenvalue weighted by atomic mass is 35.5. The topological polar surface area (TPSA) is 103 Å². The minimum absolute atomic E-state index is 0.135. The van der Waals surface area contributed by atoms with E-state index in [-0.39, 0.29) is 24.1 Å². The summed E-state index contributed by atoms with van der Waals surface area (Å²) in [5.74, 6) is -0.214. The molecule has 11 heteroatoms. The predicted molar refractivity (Wildman–Crippen MR) is 113 cm³/mol. The summed E-state index contributed by atoms with van der Waals surface area (Å²) >= 11 is 6.04. The fourth-order valence-electron chi connectivity index (χ4n) is 3.46. The lowest BCUT2D eigenvalue weighted by molar-refractivity contribution is -0.133. The van der Waals surface area contributed by atoms with Crippen molar-refractivity contribution in [3.63, 3.8) is 0 Å². The van der Waals surface area contributed by atoms with Crippen molar-refractivity contribution in [2.24, 2.45) is 0 Å². The van der Waals surface area contributed by atoms with Crippen LogP contribution >= 0.6 is 11.6 Å². The number of fused-ring (bicyclic) bond motifs is 1. The van der Waals surface area contributed by atoms with Gasteiger partial charge in [0.05, 0.1) is 18.5 Å². The van der Waals surface area contributed by atoms with Crippen LogP contribution in [0.4, 0.5) is 4.79 Å². The second-order valence-corrected chi connectivity index (χ2v) is 7.45. The summed E-state index contributed by atoms with van der Waals surface area (Å²) in [7, 11) is 0. The van der Waals surface area contributed by atoms with E-state index >= 15 is 0 Å². The Kier molecular flexibility index (Phi) is 5.90. The van der Waals surface area contributed by atoms with Gasteiger partial charge in [-0.25, -0.2) is 14.5 Å². The van der Waals surface area contributed by atoms with Crippen molar-refractivity contribution in [3.8, 4) is 5.69 Å². The highest BCUT2D eigenvalue weighted by Gasteiger charge is 2.25. The van der Waals surface area contributed by atoms with E-state index in [2.05, 4.69) is 10.1 Å². The molecule has 0 saturated carbocycles. The molecule has 162 valence electrons. The number of nitrogens with zero attached hydrogens (tertiary/aromatic N) is 6. The highest BCUT2D eigenvalue weighted by molar-refractivity contribution is 6.30. The SMILES string of the molecule is CCOC(=O)N1CCN(C(=O)Cn2cnc3c(cnn3-c3cccc(Cl)c3)c2=O)CC1. The standard InChI is InChI=1S/C20H21ClN6O4/c1-2-31-20(30)25-8-6-24(7-9-25)17(28)12-26-13-22-18-16(19(26)29)11-23-27(18)15-5-3-4-14(21)10-15/h3-5,10-11,13H,2,6-9,12H2,1H3. The second kappa shape index (κ2) is 8.76. The largest absolute Gasteiger partial charge is 0.450 e. The number of carbonyl (C=O) groups excluding carboxylic acids is 2. The minimum Gasteiger partial charge on any atom is -0.450 e.